The Hall–Kier alpha value is -2.74. The van der Waals surface area contributed by atoms with Gasteiger partial charge in [-0.2, -0.15) is 0 Å². The van der Waals surface area contributed by atoms with Crippen molar-refractivity contribution in [3.05, 3.63) is 47.4 Å². The smallest absolute Gasteiger partial charge is 0.289 e. The van der Waals surface area contributed by atoms with E-state index in [-0.39, 0.29) is 17.7 Å². The average Bonchev–Trinajstić information content (AvgIpc) is 3.32. The molecule has 1 aliphatic heterocycles. The topological polar surface area (TPSA) is 103 Å². The number of aryl methyl sites for hydroxylation is 1. The van der Waals surface area contributed by atoms with Gasteiger partial charge in [0, 0.05) is 19.0 Å². The standard InChI is InChI=1S/C20H21N3O4S/c1-12-2-4-16-15(10-12)22-20(27-16)28-11-14-3-5-17(26-14)19(25)23-8-6-13(7-9-23)18(21)24/h2-5,10,13H,6-9,11H2,1H3,(H2,21,24). The number of hydrogen-bond donors (Lipinski definition) is 1. The molecule has 28 heavy (non-hydrogen) atoms. The fraction of sp³-hybridized carbons (Fsp3) is 0.350. The van der Waals surface area contributed by atoms with Gasteiger partial charge in [-0.1, -0.05) is 17.8 Å². The summed E-state index contributed by atoms with van der Waals surface area (Å²) in [6.07, 6.45) is 1.20. The molecule has 8 heteroatoms. The van der Waals surface area contributed by atoms with Crippen LogP contribution in [0, 0.1) is 12.8 Å². The molecule has 3 heterocycles. The number of hydrogen-bond acceptors (Lipinski definition) is 6. The van der Waals surface area contributed by atoms with Gasteiger partial charge in [0.2, 0.25) is 5.91 Å². The Morgan fingerprint density at radius 3 is 2.75 bits per heavy atom. The molecule has 2 N–H and O–H groups in total. The molecule has 7 nitrogen and oxygen atoms in total. The van der Waals surface area contributed by atoms with E-state index in [0.29, 0.717) is 48.4 Å². The quantitative estimate of drug-likeness (QED) is 0.660. The normalized spacial score (nSPS) is 15.2. The molecule has 146 valence electrons. The van der Waals surface area contributed by atoms with E-state index in [2.05, 4.69) is 4.98 Å². The highest BCUT2D eigenvalue weighted by molar-refractivity contribution is 7.98. The second-order valence-corrected chi connectivity index (χ2v) is 7.90. The van der Waals surface area contributed by atoms with Crippen molar-refractivity contribution in [1.29, 1.82) is 0 Å². The van der Waals surface area contributed by atoms with E-state index in [1.807, 2.05) is 25.1 Å². The number of likely N-dealkylation sites (tertiary alicyclic amines) is 1. The van der Waals surface area contributed by atoms with Crippen LogP contribution in [0.1, 0.15) is 34.7 Å². The van der Waals surface area contributed by atoms with Gasteiger partial charge in [0.1, 0.15) is 11.3 Å². The lowest BCUT2D eigenvalue weighted by molar-refractivity contribution is -0.123. The van der Waals surface area contributed by atoms with Crippen LogP contribution in [0.3, 0.4) is 0 Å². The van der Waals surface area contributed by atoms with Crippen LogP contribution in [0.15, 0.2) is 44.4 Å². The molecule has 4 rings (SSSR count). The maximum atomic E-state index is 12.6. The van der Waals surface area contributed by atoms with Crippen LogP contribution in [0.5, 0.6) is 0 Å². The number of amides is 2. The molecule has 1 aliphatic rings. The van der Waals surface area contributed by atoms with Gasteiger partial charge >= 0.3 is 0 Å². The second kappa shape index (κ2) is 7.71. The largest absolute Gasteiger partial charge is 0.455 e. The fourth-order valence-corrected chi connectivity index (χ4v) is 4.04. The minimum atomic E-state index is -0.293. The predicted octanol–water partition coefficient (Wildman–Crippen LogP) is 3.36. The molecule has 2 amide bonds. The van der Waals surface area contributed by atoms with E-state index in [9.17, 15) is 9.59 Å². The first-order chi connectivity index (χ1) is 13.5. The number of furan rings is 1. The molecular formula is C20H21N3O4S. The first-order valence-corrected chi connectivity index (χ1v) is 10.2. The summed E-state index contributed by atoms with van der Waals surface area (Å²) in [6, 6.07) is 9.36. The Morgan fingerprint density at radius 2 is 2.00 bits per heavy atom. The molecule has 0 unspecified atom stereocenters. The Bertz CT molecular complexity index is 1020. The lowest BCUT2D eigenvalue weighted by Crippen LogP contribution is -2.41. The molecule has 0 atom stereocenters. The second-order valence-electron chi connectivity index (χ2n) is 6.97. The summed E-state index contributed by atoms with van der Waals surface area (Å²) in [5.74, 6) is 0.908. The lowest BCUT2D eigenvalue weighted by atomic mass is 9.96. The monoisotopic (exact) mass is 399 g/mol. The number of aromatic nitrogens is 1. The van der Waals surface area contributed by atoms with Crippen LogP contribution in [-0.4, -0.2) is 34.8 Å². The van der Waals surface area contributed by atoms with Gasteiger partial charge < -0.3 is 19.5 Å². The third-order valence-corrected chi connectivity index (χ3v) is 5.77. The van der Waals surface area contributed by atoms with Crippen molar-refractivity contribution in [2.45, 2.75) is 30.7 Å². The maximum Gasteiger partial charge on any atom is 0.289 e. The van der Waals surface area contributed by atoms with Crippen LogP contribution in [-0.2, 0) is 10.5 Å². The highest BCUT2D eigenvalue weighted by Gasteiger charge is 2.27. The van der Waals surface area contributed by atoms with Crippen molar-refractivity contribution in [3.8, 4) is 0 Å². The number of nitrogens with two attached hydrogens (primary N) is 1. The number of thioether (sulfide) groups is 1. The van der Waals surface area contributed by atoms with Crippen molar-refractivity contribution >= 4 is 34.7 Å². The molecule has 1 fully saturated rings. The maximum absolute atomic E-state index is 12.6. The van der Waals surface area contributed by atoms with Crippen LogP contribution in [0.4, 0.5) is 0 Å². The van der Waals surface area contributed by atoms with Gasteiger partial charge in [-0.25, -0.2) is 4.98 Å². The Morgan fingerprint density at radius 1 is 1.21 bits per heavy atom. The first-order valence-electron chi connectivity index (χ1n) is 9.17. The third kappa shape index (κ3) is 3.91. The van der Waals surface area contributed by atoms with Crippen molar-refractivity contribution in [1.82, 2.24) is 9.88 Å². The van der Waals surface area contributed by atoms with Crippen LogP contribution in [0.25, 0.3) is 11.1 Å². The molecule has 2 aromatic heterocycles. The molecular weight excluding hydrogens is 378 g/mol. The molecule has 0 spiro atoms. The Balaban J connectivity index is 1.36. The number of oxazole rings is 1. The molecule has 3 aromatic rings. The summed E-state index contributed by atoms with van der Waals surface area (Å²) < 4.78 is 11.4. The van der Waals surface area contributed by atoms with E-state index < -0.39 is 0 Å². The van der Waals surface area contributed by atoms with Gasteiger partial charge in [-0.05, 0) is 49.6 Å². The van der Waals surface area contributed by atoms with Gasteiger partial charge in [0.15, 0.2) is 11.3 Å². The van der Waals surface area contributed by atoms with Gasteiger partial charge in [0.05, 0.1) is 5.75 Å². The summed E-state index contributed by atoms with van der Waals surface area (Å²) in [5, 5.41) is 0.568. The fourth-order valence-electron chi connectivity index (χ4n) is 3.30. The number of benzene rings is 1. The number of fused-ring (bicyclic) bond motifs is 1. The molecule has 0 bridgehead atoms. The molecule has 0 radical (unpaired) electrons. The SMILES string of the molecule is Cc1ccc2oc(SCc3ccc(C(=O)N4CCC(C(N)=O)CC4)o3)nc2c1. The number of piperidine rings is 1. The highest BCUT2D eigenvalue weighted by Crippen LogP contribution is 2.28. The van der Waals surface area contributed by atoms with Crippen molar-refractivity contribution in [2.75, 3.05) is 13.1 Å². The van der Waals surface area contributed by atoms with Crippen LogP contribution >= 0.6 is 11.8 Å². The summed E-state index contributed by atoms with van der Waals surface area (Å²) in [7, 11) is 0. The Kier molecular flexibility index (Phi) is 5.13. The third-order valence-electron chi connectivity index (χ3n) is 4.92. The van der Waals surface area contributed by atoms with Crippen molar-refractivity contribution < 1.29 is 18.4 Å². The van der Waals surface area contributed by atoms with E-state index in [1.165, 1.54) is 11.8 Å². The molecule has 0 saturated carbocycles. The van der Waals surface area contributed by atoms with Gasteiger partial charge in [-0.15, -0.1) is 0 Å². The van der Waals surface area contributed by atoms with Gasteiger partial charge in [-0.3, -0.25) is 9.59 Å². The van der Waals surface area contributed by atoms with E-state index >= 15 is 0 Å². The number of carbonyl (C=O) groups excluding carboxylic acids is 2. The average molecular weight is 399 g/mol. The minimum absolute atomic E-state index is 0.146. The number of primary amides is 1. The zero-order valence-corrected chi connectivity index (χ0v) is 16.3. The van der Waals surface area contributed by atoms with Crippen LogP contribution < -0.4 is 5.73 Å². The van der Waals surface area contributed by atoms with Crippen molar-refractivity contribution in [3.63, 3.8) is 0 Å². The van der Waals surface area contributed by atoms with Crippen LogP contribution in [0.2, 0.25) is 0 Å². The zero-order valence-electron chi connectivity index (χ0n) is 15.5. The number of carbonyl (C=O) groups is 2. The molecule has 1 saturated heterocycles. The summed E-state index contributed by atoms with van der Waals surface area (Å²) in [5.41, 5.74) is 8.05. The number of rotatable bonds is 5. The van der Waals surface area contributed by atoms with E-state index in [0.717, 1.165) is 16.7 Å². The zero-order chi connectivity index (χ0) is 19.7. The predicted molar refractivity (Wildman–Crippen MR) is 105 cm³/mol. The summed E-state index contributed by atoms with van der Waals surface area (Å²) >= 11 is 1.42. The van der Waals surface area contributed by atoms with Crippen molar-refractivity contribution in [2.24, 2.45) is 11.7 Å². The Labute approximate surface area is 166 Å². The lowest BCUT2D eigenvalue weighted by Gasteiger charge is -2.29. The highest BCUT2D eigenvalue weighted by atomic mass is 32.2. The van der Waals surface area contributed by atoms with Gasteiger partial charge in [0.25, 0.3) is 11.1 Å². The van der Waals surface area contributed by atoms with E-state index in [1.54, 1.807) is 17.0 Å². The summed E-state index contributed by atoms with van der Waals surface area (Å²) in [4.78, 5) is 30.0. The van der Waals surface area contributed by atoms with E-state index in [4.69, 9.17) is 14.6 Å². The number of nitrogens with zero attached hydrogens (tertiary/aromatic N) is 2. The molecule has 1 aromatic carbocycles. The molecule has 0 aliphatic carbocycles. The summed E-state index contributed by atoms with van der Waals surface area (Å²) in [6.45, 7) is 3.04. The minimum Gasteiger partial charge on any atom is -0.455 e. The first kappa shape index (κ1) is 18.6.